The number of rotatable bonds is 5. The summed E-state index contributed by atoms with van der Waals surface area (Å²) in [6, 6.07) is 4.49. The lowest BCUT2D eigenvalue weighted by Crippen LogP contribution is -2.42. The van der Waals surface area contributed by atoms with E-state index < -0.39 is 0 Å². The van der Waals surface area contributed by atoms with Crippen molar-refractivity contribution in [2.75, 3.05) is 7.11 Å². The number of benzene rings is 1. The predicted molar refractivity (Wildman–Crippen MR) is 130 cm³/mol. The maximum Gasteiger partial charge on any atom is 0.122 e. The van der Waals surface area contributed by atoms with Crippen molar-refractivity contribution in [1.82, 2.24) is 0 Å². The molecule has 1 N–H and O–H groups in total. The van der Waals surface area contributed by atoms with Gasteiger partial charge in [-0.15, -0.1) is 0 Å². The number of aliphatic hydroxyl groups is 1. The first-order valence-corrected chi connectivity index (χ1v) is 12.3. The van der Waals surface area contributed by atoms with E-state index in [9.17, 15) is 5.11 Å². The first-order chi connectivity index (χ1) is 14.6. The Hall–Kier alpha value is -1.54. The van der Waals surface area contributed by atoms with Crippen LogP contribution in [-0.2, 0) is 11.8 Å². The SMILES string of the molecule is COc1ccc2c(c1C)CCC1=C3C[C@H](O)[C@@H]([C@H](C)CCC=C(C)C)[C@]3(C)CC[C@]12C. The van der Waals surface area contributed by atoms with Crippen molar-refractivity contribution in [3.05, 3.63) is 51.6 Å². The highest BCUT2D eigenvalue weighted by Crippen LogP contribution is 2.63. The van der Waals surface area contributed by atoms with Gasteiger partial charge in [-0.3, -0.25) is 0 Å². The van der Waals surface area contributed by atoms with E-state index in [4.69, 9.17) is 4.74 Å². The molecule has 3 aliphatic carbocycles. The molecule has 1 fully saturated rings. The Morgan fingerprint density at radius 3 is 2.61 bits per heavy atom. The quantitative estimate of drug-likeness (QED) is 0.514. The highest BCUT2D eigenvalue weighted by atomic mass is 16.5. The molecule has 4 rings (SSSR count). The van der Waals surface area contributed by atoms with E-state index in [0.29, 0.717) is 11.8 Å². The molecule has 170 valence electrons. The van der Waals surface area contributed by atoms with Crippen molar-refractivity contribution in [2.45, 2.75) is 98.0 Å². The molecule has 0 saturated heterocycles. The van der Waals surface area contributed by atoms with Crippen LogP contribution in [0.3, 0.4) is 0 Å². The van der Waals surface area contributed by atoms with Crippen LogP contribution in [0, 0.1) is 24.2 Å². The zero-order valence-corrected chi connectivity index (χ0v) is 20.8. The summed E-state index contributed by atoms with van der Waals surface area (Å²) in [7, 11) is 1.78. The van der Waals surface area contributed by atoms with Gasteiger partial charge in [0.15, 0.2) is 0 Å². The van der Waals surface area contributed by atoms with E-state index >= 15 is 0 Å². The molecule has 0 bridgehead atoms. The molecule has 2 heteroatoms. The molecule has 0 spiro atoms. The largest absolute Gasteiger partial charge is 0.496 e. The summed E-state index contributed by atoms with van der Waals surface area (Å²) in [6.45, 7) is 13.9. The van der Waals surface area contributed by atoms with Gasteiger partial charge in [-0.2, -0.15) is 0 Å². The monoisotopic (exact) mass is 422 g/mol. The van der Waals surface area contributed by atoms with Crippen LogP contribution in [0.1, 0.15) is 89.8 Å². The van der Waals surface area contributed by atoms with Crippen molar-refractivity contribution in [2.24, 2.45) is 17.3 Å². The highest BCUT2D eigenvalue weighted by Gasteiger charge is 2.56. The van der Waals surface area contributed by atoms with Gasteiger partial charge in [0.1, 0.15) is 5.75 Å². The number of allylic oxidation sites excluding steroid dienone is 3. The molecule has 0 aliphatic heterocycles. The van der Waals surface area contributed by atoms with E-state index in [2.05, 4.69) is 59.8 Å². The maximum atomic E-state index is 11.3. The van der Waals surface area contributed by atoms with Gasteiger partial charge < -0.3 is 9.84 Å². The minimum atomic E-state index is -0.199. The number of methoxy groups -OCH3 is 1. The molecule has 0 heterocycles. The summed E-state index contributed by atoms with van der Waals surface area (Å²) in [5.41, 5.74) is 9.24. The first kappa shape index (κ1) is 22.6. The Morgan fingerprint density at radius 2 is 1.94 bits per heavy atom. The van der Waals surface area contributed by atoms with E-state index in [1.807, 2.05) is 0 Å². The number of fused-ring (bicyclic) bond motifs is 4. The van der Waals surface area contributed by atoms with Crippen LogP contribution in [0.5, 0.6) is 5.75 Å². The first-order valence-electron chi connectivity index (χ1n) is 12.3. The Balaban J connectivity index is 1.71. The van der Waals surface area contributed by atoms with E-state index in [0.717, 1.165) is 31.4 Å². The molecule has 0 unspecified atom stereocenters. The van der Waals surface area contributed by atoms with Crippen LogP contribution in [-0.4, -0.2) is 18.3 Å². The van der Waals surface area contributed by atoms with Gasteiger partial charge >= 0.3 is 0 Å². The number of hydrogen-bond donors (Lipinski definition) is 1. The molecule has 0 radical (unpaired) electrons. The minimum absolute atomic E-state index is 0.110. The fourth-order valence-electron chi connectivity index (χ4n) is 7.57. The Kier molecular flexibility index (Phi) is 5.92. The van der Waals surface area contributed by atoms with Crippen LogP contribution >= 0.6 is 0 Å². The second-order valence-electron chi connectivity index (χ2n) is 11.3. The lowest BCUT2D eigenvalue weighted by atomic mass is 9.54. The van der Waals surface area contributed by atoms with Crippen LogP contribution in [0.2, 0.25) is 0 Å². The molecule has 1 aromatic carbocycles. The molecule has 5 atom stereocenters. The summed E-state index contributed by atoms with van der Waals surface area (Å²) in [5, 5.41) is 11.3. The predicted octanol–water partition coefficient (Wildman–Crippen LogP) is 7.07. The standard InChI is InChI=1S/C29H42O2/c1-18(2)9-8-10-19(3)27-25(30)17-24-23-12-11-21-20(4)26(31-7)14-13-22(21)28(23,5)15-16-29(24,27)6/h9,13-14,19,25,27,30H,8,10-12,15-17H2,1-7H3/t19-,25+,27-,28+,29-/m1/s1. The average Bonchev–Trinajstić information content (AvgIpc) is 2.98. The molecular formula is C29H42O2. The highest BCUT2D eigenvalue weighted by molar-refractivity contribution is 5.55. The lowest BCUT2D eigenvalue weighted by molar-refractivity contribution is 0.0399. The molecule has 3 aliphatic rings. The molecule has 0 amide bonds. The normalized spacial score (nSPS) is 32.8. The topological polar surface area (TPSA) is 29.5 Å². The molecule has 1 aromatic rings. The van der Waals surface area contributed by atoms with E-state index in [1.54, 1.807) is 18.3 Å². The van der Waals surface area contributed by atoms with Crippen molar-refractivity contribution in [1.29, 1.82) is 0 Å². The van der Waals surface area contributed by atoms with Crippen molar-refractivity contribution in [3.63, 3.8) is 0 Å². The van der Waals surface area contributed by atoms with E-state index in [1.165, 1.54) is 41.5 Å². The van der Waals surface area contributed by atoms with Crippen molar-refractivity contribution in [3.8, 4) is 5.75 Å². The third-order valence-electron chi connectivity index (χ3n) is 9.20. The van der Waals surface area contributed by atoms with Crippen LogP contribution in [0.25, 0.3) is 0 Å². The second-order valence-corrected chi connectivity index (χ2v) is 11.3. The molecular weight excluding hydrogens is 380 g/mol. The summed E-state index contributed by atoms with van der Waals surface area (Å²) in [6.07, 6.45) is 9.93. The van der Waals surface area contributed by atoms with Crippen molar-refractivity contribution < 1.29 is 9.84 Å². The minimum Gasteiger partial charge on any atom is -0.496 e. The Morgan fingerprint density at radius 1 is 1.19 bits per heavy atom. The van der Waals surface area contributed by atoms with Crippen LogP contribution < -0.4 is 4.74 Å². The second kappa shape index (κ2) is 8.10. The van der Waals surface area contributed by atoms with Crippen LogP contribution in [0.15, 0.2) is 34.9 Å². The molecule has 1 saturated carbocycles. The van der Waals surface area contributed by atoms with Crippen molar-refractivity contribution >= 4 is 0 Å². The molecule has 31 heavy (non-hydrogen) atoms. The number of ether oxygens (including phenoxy) is 1. The zero-order valence-electron chi connectivity index (χ0n) is 20.8. The third-order valence-corrected chi connectivity index (χ3v) is 9.20. The number of hydrogen-bond acceptors (Lipinski definition) is 2. The number of aliphatic hydroxyl groups excluding tert-OH is 1. The molecule has 0 aromatic heterocycles. The molecule has 2 nitrogen and oxygen atoms in total. The van der Waals surface area contributed by atoms with Gasteiger partial charge in [0.25, 0.3) is 0 Å². The van der Waals surface area contributed by atoms with Crippen LogP contribution in [0.4, 0.5) is 0 Å². The maximum absolute atomic E-state index is 11.3. The zero-order chi connectivity index (χ0) is 22.6. The third kappa shape index (κ3) is 3.50. The van der Waals surface area contributed by atoms with Gasteiger partial charge in [-0.25, -0.2) is 0 Å². The van der Waals surface area contributed by atoms with E-state index in [-0.39, 0.29) is 16.9 Å². The van der Waals surface area contributed by atoms with Gasteiger partial charge in [0, 0.05) is 5.41 Å². The Bertz CT molecular complexity index is 919. The summed E-state index contributed by atoms with van der Waals surface area (Å²) in [5.74, 6) is 1.94. The summed E-state index contributed by atoms with van der Waals surface area (Å²) >= 11 is 0. The van der Waals surface area contributed by atoms with Gasteiger partial charge in [-0.1, -0.05) is 49.6 Å². The van der Waals surface area contributed by atoms with Gasteiger partial charge in [0.05, 0.1) is 13.2 Å². The van der Waals surface area contributed by atoms with Gasteiger partial charge in [0.2, 0.25) is 0 Å². The Labute approximate surface area is 189 Å². The smallest absolute Gasteiger partial charge is 0.122 e. The van der Waals surface area contributed by atoms with Gasteiger partial charge in [-0.05, 0) is 106 Å². The average molecular weight is 423 g/mol. The summed E-state index contributed by atoms with van der Waals surface area (Å²) in [4.78, 5) is 0. The lowest BCUT2D eigenvalue weighted by Gasteiger charge is -2.50. The summed E-state index contributed by atoms with van der Waals surface area (Å²) < 4.78 is 5.62. The fourth-order valence-corrected chi connectivity index (χ4v) is 7.57. The fraction of sp³-hybridized carbons (Fsp3) is 0.655.